The molecular formula is C21H24Cl3SiTi. The quantitative estimate of drug-likeness (QED) is 0.457. The Bertz CT molecular complexity index is 868. The Balaban J connectivity index is 0.00000121. The Morgan fingerprint density at radius 2 is 1.77 bits per heavy atom. The minimum Gasteiger partial charge on any atom is -1.00 e. The number of hydrogen-bond acceptors (Lipinski definition) is 0. The molecule has 1 aliphatic heterocycles. The maximum absolute atomic E-state index is 7.18. The van der Waals surface area contributed by atoms with Crippen molar-refractivity contribution in [3.05, 3.63) is 56.8 Å². The molecule has 3 aliphatic rings. The first-order valence-corrected chi connectivity index (χ1v) is 13.1. The fraction of sp³-hybridized carbons (Fsp3) is 0.429. The summed E-state index contributed by atoms with van der Waals surface area (Å²) in [7, 11) is -1.76. The van der Waals surface area contributed by atoms with Crippen LogP contribution in [0.3, 0.4) is 0 Å². The van der Waals surface area contributed by atoms with Gasteiger partial charge in [-0.2, -0.15) is 0 Å². The van der Waals surface area contributed by atoms with Crippen molar-refractivity contribution in [3.8, 4) is 0 Å². The molecule has 0 amide bonds. The molecule has 0 radical (unpaired) electrons. The third-order valence-electron chi connectivity index (χ3n) is 6.50. The molecule has 26 heavy (non-hydrogen) atoms. The van der Waals surface area contributed by atoms with Crippen molar-refractivity contribution in [1.82, 2.24) is 0 Å². The van der Waals surface area contributed by atoms with E-state index < -0.39 is 7.38 Å². The van der Waals surface area contributed by atoms with E-state index in [1.807, 2.05) is 0 Å². The van der Waals surface area contributed by atoms with Crippen molar-refractivity contribution < 1.29 is 45.2 Å². The van der Waals surface area contributed by atoms with E-state index in [4.69, 9.17) is 11.1 Å². The Hall–Kier alpha value is 0.241. The maximum atomic E-state index is 7.18. The molecule has 0 saturated heterocycles. The summed E-state index contributed by atoms with van der Waals surface area (Å²) in [5, 5.41) is 3.23. The minimum atomic E-state index is -1.76. The molecule has 1 aromatic rings. The molecule has 137 valence electrons. The zero-order chi connectivity index (χ0) is 17.4. The number of hydrogen-bond donors (Lipinski definition) is 0. The van der Waals surface area contributed by atoms with Gasteiger partial charge in [-0.15, -0.1) is 0 Å². The third kappa shape index (κ3) is 2.81. The Morgan fingerprint density at radius 1 is 1.12 bits per heavy atom. The zero-order valence-corrected chi connectivity index (χ0v) is 20.8. The molecule has 0 nitrogen and oxygen atoms in total. The predicted octanol–water partition coefficient (Wildman–Crippen LogP) is 0.496. The Kier molecular flexibility index (Phi) is 6.57. The standard InChI is InChI=1S/C21H24ClSi.2ClH.Ti/c1-6-10-23(22)18-11-16-8-7-9-17(20(16)21(18)23)19-14(4)12(2)13(3)15(19)5;;;/h7-9,11,14H,6,10H2,1-5H3;2*1H;/q;;;+2/p-2. The van der Waals surface area contributed by atoms with Crippen LogP contribution in [0.15, 0.2) is 40.1 Å². The van der Waals surface area contributed by atoms with Gasteiger partial charge in [-0.3, -0.25) is 0 Å². The molecule has 1 aromatic carbocycles. The smallest absolute Gasteiger partial charge is 1.00 e. The Labute approximate surface area is 187 Å². The number of benzene rings is 1. The average Bonchev–Trinajstić information content (AvgIpc) is 2.94. The van der Waals surface area contributed by atoms with Gasteiger partial charge in [0.15, 0.2) is 0 Å². The van der Waals surface area contributed by atoms with Gasteiger partial charge in [0.2, 0.25) is 0 Å². The van der Waals surface area contributed by atoms with Gasteiger partial charge in [0.25, 0.3) is 0 Å². The molecule has 0 fully saturated rings. The van der Waals surface area contributed by atoms with Gasteiger partial charge in [0, 0.05) is 0 Å². The molecule has 5 heteroatoms. The van der Waals surface area contributed by atoms with Crippen LogP contribution in [0.1, 0.15) is 62.0 Å². The van der Waals surface area contributed by atoms with Crippen molar-refractivity contribution in [2.75, 3.05) is 0 Å². The SMILES string of the molecule is CCC[Si]1(Cl)C2=C1[CH]([Ti+2])c1cccc(C3=C(C)C(C)=C(C)C3C)c12.[Cl-].[Cl-]. The predicted molar refractivity (Wildman–Crippen MR) is 103 cm³/mol. The third-order valence-corrected chi connectivity index (χ3v) is 13.3. The molecule has 0 N–H and O–H groups in total. The van der Waals surface area contributed by atoms with E-state index in [9.17, 15) is 0 Å². The first-order chi connectivity index (χ1) is 11.3. The molecule has 0 aromatic heterocycles. The van der Waals surface area contributed by atoms with E-state index in [2.05, 4.69) is 73.3 Å². The summed E-state index contributed by atoms with van der Waals surface area (Å²) in [6, 6.07) is 8.14. The van der Waals surface area contributed by atoms with Crippen LogP contribution in [-0.2, 0) is 20.4 Å². The van der Waals surface area contributed by atoms with Crippen LogP contribution < -0.4 is 24.8 Å². The van der Waals surface area contributed by atoms with Gasteiger partial charge in [-0.25, -0.2) is 0 Å². The van der Waals surface area contributed by atoms with Crippen LogP contribution in [0, 0.1) is 5.92 Å². The van der Waals surface area contributed by atoms with Gasteiger partial charge < -0.3 is 24.8 Å². The van der Waals surface area contributed by atoms with Crippen molar-refractivity contribution in [2.45, 2.75) is 51.3 Å². The zero-order valence-electron chi connectivity index (χ0n) is 15.9. The second kappa shape index (κ2) is 7.58. The first-order valence-electron chi connectivity index (χ1n) is 9.01. The van der Waals surface area contributed by atoms with E-state index in [0.717, 1.165) is 0 Å². The normalized spacial score (nSPS) is 28.8. The van der Waals surface area contributed by atoms with Crippen LogP contribution in [0.25, 0.3) is 10.8 Å². The van der Waals surface area contributed by atoms with Crippen molar-refractivity contribution >= 4 is 29.2 Å². The van der Waals surface area contributed by atoms with Crippen molar-refractivity contribution in [3.63, 3.8) is 0 Å². The summed E-state index contributed by atoms with van der Waals surface area (Å²) in [6.07, 6.45) is 1.20. The number of halogens is 3. The molecule has 0 bridgehead atoms. The minimum absolute atomic E-state index is 0. The molecule has 0 saturated carbocycles. The molecule has 0 spiro atoms. The fourth-order valence-electron chi connectivity index (χ4n) is 4.90. The first kappa shape index (κ1) is 22.5. The van der Waals surface area contributed by atoms with Crippen molar-refractivity contribution in [2.24, 2.45) is 5.92 Å². The van der Waals surface area contributed by atoms with Gasteiger partial charge in [-0.1, -0.05) is 0 Å². The summed E-state index contributed by atoms with van der Waals surface area (Å²) in [5.41, 5.74) is 10.5. The van der Waals surface area contributed by atoms with Gasteiger partial charge in [0.05, 0.1) is 0 Å². The molecule has 1 heterocycles. The van der Waals surface area contributed by atoms with Crippen LogP contribution in [0.5, 0.6) is 0 Å². The number of allylic oxidation sites excluding steroid dienone is 5. The van der Waals surface area contributed by atoms with E-state index in [0.29, 0.717) is 10.1 Å². The largest absolute Gasteiger partial charge is 1.00 e. The second-order valence-corrected chi connectivity index (χ2v) is 13.6. The molecular weight excluding hydrogens is 435 g/mol. The topological polar surface area (TPSA) is 0 Å². The van der Waals surface area contributed by atoms with Crippen molar-refractivity contribution in [1.29, 1.82) is 0 Å². The van der Waals surface area contributed by atoms with E-state index >= 15 is 0 Å². The summed E-state index contributed by atoms with van der Waals surface area (Å²) >= 11 is 9.55. The van der Waals surface area contributed by atoms with Crippen LogP contribution in [-0.4, -0.2) is 7.38 Å². The summed E-state index contributed by atoms with van der Waals surface area (Å²) < 4.78 is 0.540. The number of rotatable bonds is 3. The monoisotopic (exact) mass is 457 g/mol. The Morgan fingerprint density at radius 3 is 2.31 bits per heavy atom. The molecule has 3 unspecified atom stereocenters. The van der Waals surface area contributed by atoms with Gasteiger partial charge in [0.1, 0.15) is 0 Å². The molecule has 4 rings (SSSR count). The fourth-order valence-corrected chi connectivity index (χ4v) is 13.0. The van der Waals surface area contributed by atoms with Gasteiger partial charge >= 0.3 is 164 Å². The van der Waals surface area contributed by atoms with Crippen LogP contribution >= 0.6 is 11.1 Å². The molecule has 3 atom stereocenters. The maximum Gasteiger partial charge on any atom is -1.00 e. The van der Waals surface area contributed by atoms with E-state index in [-0.39, 0.29) is 24.8 Å². The van der Waals surface area contributed by atoms with E-state index in [1.54, 1.807) is 16.0 Å². The number of fused-ring (bicyclic) bond motifs is 2. The van der Waals surface area contributed by atoms with Crippen LogP contribution in [0.2, 0.25) is 6.04 Å². The average molecular weight is 459 g/mol. The van der Waals surface area contributed by atoms with Crippen LogP contribution in [0.4, 0.5) is 0 Å². The summed E-state index contributed by atoms with van der Waals surface area (Å²) in [6.45, 7) is 11.5. The summed E-state index contributed by atoms with van der Waals surface area (Å²) in [4.78, 5) is 0. The second-order valence-electron chi connectivity index (χ2n) is 7.61. The van der Waals surface area contributed by atoms with Gasteiger partial charge in [-0.05, 0) is 0 Å². The molecule has 2 aliphatic carbocycles. The van der Waals surface area contributed by atoms with E-state index in [1.165, 1.54) is 45.9 Å². The summed E-state index contributed by atoms with van der Waals surface area (Å²) in [5.74, 6) is 0.521.